The Hall–Kier alpha value is -4.30. The summed E-state index contributed by atoms with van der Waals surface area (Å²) in [5, 5.41) is 3.85. The number of anilines is 1. The van der Waals surface area contributed by atoms with Crippen molar-refractivity contribution in [3.05, 3.63) is 112 Å². The van der Waals surface area contributed by atoms with Crippen LogP contribution in [-0.2, 0) is 16.2 Å². The van der Waals surface area contributed by atoms with Gasteiger partial charge in [-0.1, -0.05) is 58.4 Å². The van der Waals surface area contributed by atoms with Gasteiger partial charge in [0.25, 0.3) is 11.8 Å². The van der Waals surface area contributed by atoms with E-state index in [1.54, 1.807) is 6.07 Å². The molecule has 0 aliphatic carbocycles. The molecule has 1 aliphatic rings. The molecule has 0 saturated carbocycles. The SMILES string of the molecule is O=C1NC(=O)N(c2ccc(F)cc2)C(=O)/C1=C/c1c(OCc2ccc(Br)cc2)ccc2ccccc12. The number of nitrogens with one attached hydrogen (secondary N) is 1. The van der Waals surface area contributed by atoms with Crippen molar-refractivity contribution in [1.82, 2.24) is 5.32 Å². The van der Waals surface area contributed by atoms with Gasteiger partial charge in [0, 0.05) is 10.0 Å². The maximum atomic E-state index is 13.4. The summed E-state index contributed by atoms with van der Waals surface area (Å²) in [7, 11) is 0. The Kier molecular flexibility index (Phi) is 6.35. The summed E-state index contributed by atoms with van der Waals surface area (Å²) in [5.41, 5.74) is 1.35. The summed E-state index contributed by atoms with van der Waals surface area (Å²) in [5.74, 6) is -1.69. The van der Waals surface area contributed by atoms with Gasteiger partial charge in [0.15, 0.2) is 0 Å². The van der Waals surface area contributed by atoms with Crippen LogP contribution in [0.4, 0.5) is 14.9 Å². The molecule has 0 aromatic heterocycles. The van der Waals surface area contributed by atoms with E-state index in [2.05, 4.69) is 21.2 Å². The van der Waals surface area contributed by atoms with Crippen LogP contribution in [0.1, 0.15) is 11.1 Å². The first-order chi connectivity index (χ1) is 17.4. The number of amides is 4. The molecule has 1 heterocycles. The first kappa shape index (κ1) is 23.4. The molecule has 178 valence electrons. The van der Waals surface area contributed by atoms with Gasteiger partial charge in [-0.3, -0.25) is 14.9 Å². The van der Waals surface area contributed by atoms with Crippen molar-refractivity contribution in [2.75, 3.05) is 4.90 Å². The van der Waals surface area contributed by atoms with Crippen molar-refractivity contribution in [2.24, 2.45) is 0 Å². The van der Waals surface area contributed by atoms with Crippen molar-refractivity contribution >= 4 is 56.3 Å². The van der Waals surface area contributed by atoms with Crippen LogP contribution in [0, 0.1) is 5.82 Å². The van der Waals surface area contributed by atoms with Crippen molar-refractivity contribution in [2.45, 2.75) is 6.61 Å². The molecule has 0 radical (unpaired) electrons. The Morgan fingerprint density at radius 1 is 0.889 bits per heavy atom. The van der Waals surface area contributed by atoms with Gasteiger partial charge in [0.2, 0.25) is 0 Å². The number of nitrogens with zero attached hydrogens (tertiary/aromatic N) is 1. The summed E-state index contributed by atoms with van der Waals surface area (Å²) < 4.78 is 20.4. The van der Waals surface area contributed by atoms with E-state index < -0.39 is 23.7 Å². The number of barbiturate groups is 1. The maximum Gasteiger partial charge on any atom is 0.335 e. The molecule has 0 bridgehead atoms. The second-order valence-electron chi connectivity index (χ2n) is 8.05. The first-order valence-corrected chi connectivity index (χ1v) is 11.8. The van der Waals surface area contributed by atoms with Crippen LogP contribution < -0.4 is 15.0 Å². The third-order valence-electron chi connectivity index (χ3n) is 5.71. The fourth-order valence-electron chi connectivity index (χ4n) is 3.92. The number of carbonyl (C=O) groups is 3. The first-order valence-electron chi connectivity index (χ1n) is 11.0. The molecule has 4 aromatic carbocycles. The highest BCUT2D eigenvalue weighted by molar-refractivity contribution is 9.10. The second-order valence-corrected chi connectivity index (χ2v) is 8.96. The van der Waals surface area contributed by atoms with Gasteiger partial charge in [-0.15, -0.1) is 0 Å². The molecule has 0 atom stereocenters. The van der Waals surface area contributed by atoms with Crippen LogP contribution in [0.5, 0.6) is 5.75 Å². The zero-order valence-corrected chi connectivity index (χ0v) is 20.3. The summed E-state index contributed by atoms with van der Waals surface area (Å²) in [4.78, 5) is 39.4. The standard InChI is InChI=1S/C28H18BrFN2O4/c29-19-8-5-17(6-9-19)16-36-25-14-7-18-3-1-2-4-22(18)23(25)15-24-26(33)31-28(35)32(27(24)34)21-12-10-20(30)11-13-21/h1-15H,16H2,(H,31,33,35)/b24-15+. The minimum atomic E-state index is -0.904. The van der Waals surface area contributed by atoms with Crippen molar-refractivity contribution in [3.8, 4) is 5.75 Å². The molecule has 0 unspecified atom stereocenters. The highest BCUT2D eigenvalue weighted by Crippen LogP contribution is 2.32. The van der Waals surface area contributed by atoms with Crippen molar-refractivity contribution in [1.29, 1.82) is 0 Å². The Morgan fingerprint density at radius 3 is 2.36 bits per heavy atom. The topological polar surface area (TPSA) is 75.7 Å². The minimum absolute atomic E-state index is 0.141. The highest BCUT2D eigenvalue weighted by Gasteiger charge is 2.37. The van der Waals surface area contributed by atoms with Crippen LogP contribution in [-0.4, -0.2) is 17.8 Å². The molecule has 36 heavy (non-hydrogen) atoms. The van der Waals surface area contributed by atoms with Crippen molar-refractivity contribution < 1.29 is 23.5 Å². The van der Waals surface area contributed by atoms with Crippen LogP contribution in [0.2, 0.25) is 0 Å². The lowest BCUT2D eigenvalue weighted by molar-refractivity contribution is -0.122. The van der Waals surface area contributed by atoms with Gasteiger partial charge >= 0.3 is 6.03 Å². The van der Waals surface area contributed by atoms with Crippen molar-refractivity contribution in [3.63, 3.8) is 0 Å². The van der Waals surface area contributed by atoms with Gasteiger partial charge in [0.1, 0.15) is 23.7 Å². The molecule has 4 aromatic rings. The molecule has 1 aliphatic heterocycles. The van der Waals surface area contributed by atoms with Crippen LogP contribution in [0.3, 0.4) is 0 Å². The van der Waals surface area contributed by atoms with E-state index >= 15 is 0 Å². The zero-order valence-electron chi connectivity index (χ0n) is 18.7. The number of ether oxygens (including phenoxy) is 1. The molecule has 5 rings (SSSR count). The third-order valence-corrected chi connectivity index (χ3v) is 6.24. The zero-order chi connectivity index (χ0) is 25.2. The summed E-state index contributed by atoms with van der Waals surface area (Å²) >= 11 is 3.41. The third kappa shape index (κ3) is 4.63. The van der Waals surface area contributed by atoms with E-state index in [4.69, 9.17) is 4.74 Å². The maximum absolute atomic E-state index is 13.4. The number of rotatable bonds is 5. The number of halogens is 2. The number of urea groups is 1. The molecule has 8 heteroatoms. The molecule has 6 nitrogen and oxygen atoms in total. The monoisotopic (exact) mass is 544 g/mol. The Morgan fingerprint density at radius 2 is 1.61 bits per heavy atom. The van der Waals surface area contributed by atoms with Crippen LogP contribution in [0.25, 0.3) is 16.8 Å². The minimum Gasteiger partial charge on any atom is -0.488 e. The summed E-state index contributed by atoms with van der Waals surface area (Å²) in [6.45, 7) is 0.266. The predicted octanol–water partition coefficient (Wildman–Crippen LogP) is 5.99. The largest absolute Gasteiger partial charge is 0.488 e. The lowest BCUT2D eigenvalue weighted by Gasteiger charge is -2.26. The van der Waals surface area contributed by atoms with E-state index in [0.717, 1.165) is 37.8 Å². The van der Waals surface area contributed by atoms with Crippen LogP contribution >= 0.6 is 15.9 Å². The van der Waals surface area contributed by atoms with E-state index in [0.29, 0.717) is 11.3 Å². The Bertz CT molecular complexity index is 1530. The van der Waals surface area contributed by atoms with Gasteiger partial charge in [-0.25, -0.2) is 14.1 Å². The molecular weight excluding hydrogens is 527 g/mol. The van der Waals surface area contributed by atoms with Gasteiger partial charge < -0.3 is 4.74 Å². The van der Waals surface area contributed by atoms with Gasteiger partial charge in [-0.05, 0) is 64.9 Å². The van der Waals surface area contributed by atoms with Gasteiger partial charge in [-0.2, -0.15) is 0 Å². The number of hydrogen-bond acceptors (Lipinski definition) is 4. The van der Waals surface area contributed by atoms with E-state index in [9.17, 15) is 18.8 Å². The summed E-state index contributed by atoms with van der Waals surface area (Å²) in [6.07, 6.45) is 1.43. The number of hydrogen-bond donors (Lipinski definition) is 1. The Labute approximate surface area is 214 Å². The lowest BCUT2D eigenvalue weighted by Crippen LogP contribution is -2.54. The number of carbonyl (C=O) groups excluding carboxylic acids is 3. The molecule has 1 saturated heterocycles. The molecule has 0 spiro atoms. The Balaban J connectivity index is 1.57. The summed E-state index contributed by atoms with van der Waals surface area (Å²) in [6, 6.07) is 22.8. The number of fused-ring (bicyclic) bond motifs is 1. The second kappa shape index (κ2) is 9.75. The smallest absolute Gasteiger partial charge is 0.335 e. The average molecular weight is 545 g/mol. The van der Waals surface area contributed by atoms with E-state index in [1.165, 1.54) is 18.2 Å². The number of benzene rings is 4. The molecule has 4 amide bonds. The van der Waals surface area contributed by atoms with E-state index in [1.807, 2.05) is 54.6 Å². The number of imide groups is 2. The fourth-order valence-corrected chi connectivity index (χ4v) is 4.18. The van der Waals surface area contributed by atoms with Crippen LogP contribution in [0.15, 0.2) is 95.0 Å². The average Bonchev–Trinajstić information content (AvgIpc) is 2.87. The van der Waals surface area contributed by atoms with E-state index in [-0.39, 0.29) is 17.9 Å². The molecule has 1 N–H and O–H groups in total. The highest BCUT2D eigenvalue weighted by atomic mass is 79.9. The lowest BCUT2D eigenvalue weighted by atomic mass is 9.99. The molecule has 1 fully saturated rings. The predicted molar refractivity (Wildman–Crippen MR) is 138 cm³/mol. The van der Waals surface area contributed by atoms with Gasteiger partial charge in [0.05, 0.1) is 5.69 Å². The fraction of sp³-hybridized carbons (Fsp3) is 0.0357. The normalized spacial score (nSPS) is 14.9. The quantitative estimate of drug-likeness (QED) is 0.247. The molecular formula is C28H18BrFN2O4.